The lowest BCUT2D eigenvalue weighted by molar-refractivity contribution is 0.102. The van der Waals surface area contributed by atoms with Crippen LogP contribution in [0.1, 0.15) is 10.4 Å². The van der Waals surface area contributed by atoms with Gasteiger partial charge in [-0.25, -0.2) is 0 Å². The number of thiophene rings is 1. The predicted molar refractivity (Wildman–Crippen MR) is 89.3 cm³/mol. The number of fused-ring (bicyclic) bond motifs is 1. The minimum atomic E-state index is -0.231. The molecule has 3 rings (SSSR count). The van der Waals surface area contributed by atoms with Gasteiger partial charge in [0.05, 0.1) is 19.8 Å². The molecule has 2 aromatic carbocycles. The van der Waals surface area contributed by atoms with E-state index >= 15 is 0 Å². The molecule has 0 spiro atoms. The monoisotopic (exact) mass is 313 g/mol. The maximum absolute atomic E-state index is 12.5. The average Bonchev–Trinajstić information content (AvgIpc) is 3.01. The first-order chi connectivity index (χ1) is 10.7. The summed E-state index contributed by atoms with van der Waals surface area (Å²) in [5.41, 5.74) is 1.19. The number of rotatable bonds is 4. The zero-order valence-corrected chi connectivity index (χ0v) is 13.1. The van der Waals surface area contributed by atoms with E-state index < -0.39 is 0 Å². The fraction of sp³-hybridized carbons (Fsp3) is 0.118. The molecule has 112 valence electrons. The Kier molecular flexibility index (Phi) is 3.98. The van der Waals surface area contributed by atoms with Crippen molar-refractivity contribution in [2.45, 2.75) is 0 Å². The highest BCUT2D eigenvalue weighted by Crippen LogP contribution is 2.31. The van der Waals surface area contributed by atoms with E-state index in [1.165, 1.54) is 11.8 Å². The third kappa shape index (κ3) is 2.63. The molecule has 1 amide bonds. The van der Waals surface area contributed by atoms with Gasteiger partial charge in [0.25, 0.3) is 5.91 Å². The Balaban J connectivity index is 1.91. The molecule has 0 radical (unpaired) electrons. The van der Waals surface area contributed by atoms with Gasteiger partial charge in [-0.3, -0.25) is 4.79 Å². The topological polar surface area (TPSA) is 47.6 Å². The quantitative estimate of drug-likeness (QED) is 0.786. The van der Waals surface area contributed by atoms with Crippen molar-refractivity contribution < 1.29 is 14.3 Å². The highest BCUT2D eigenvalue weighted by molar-refractivity contribution is 7.17. The van der Waals surface area contributed by atoms with Crippen LogP contribution in [0.3, 0.4) is 0 Å². The van der Waals surface area contributed by atoms with Crippen LogP contribution in [0.5, 0.6) is 11.5 Å². The number of ether oxygens (including phenoxy) is 2. The highest BCUT2D eigenvalue weighted by Gasteiger charge is 2.16. The van der Waals surface area contributed by atoms with E-state index in [-0.39, 0.29) is 5.91 Å². The first kappa shape index (κ1) is 14.4. The van der Waals surface area contributed by atoms with Gasteiger partial charge in [0.2, 0.25) is 0 Å². The van der Waals surface area contributed by atoms with Gasteiger partial charge < -0.3 is 14.8 Å². The molecular weight excluding hydrogens is 298 g/mol. The minimum absolute atomic E-state index is 0.231. The number of anilines is 1. The van der Waals surface area contributed by atoms with E-state index in [2.05, 4.69) is 5.32 Å². The third-order valence-electron chi connectivity index (χ3n) is 3.36. The second-order valence-electron chi connectivity index (χ2n) is 4.67. The fourth-order valence-corrected chi connectivity index (χ4v) is 3.08. The molecule has 0 saturated heterocycles. The van der Waals surface area contributed by atoms with E-state index in [1.54, 1.807) is 36.6 Å². The second-order valence-corrected chi connectivity index (χ2v) is 5.62. The van der Waals surface area contributed by atoms with E-state index in [1.807, 2.05) is 29.6 Å². The number of hydrogen-bond acceptors (Lipinski definition) is 4. The molecule has 0 aliphatic heterocycles. The summed E-state index contributed by atoms with van der Waals surface area (Å²) in [6.07, 6.45) is 0. The maximum atomic E-state index is 12.5. The Morgan fingerprint density at radius 1 is 1.09 bits per heavy atom. The lowest BCUT2D eigenvalue weighted by Gasteiger charge is -2.12. The first-order valence-electron chi connectivity index (χ1n) is 6.72. The van der Waals surface area contributed by atoms with Crippen LogP contribution in [0.15, 0.2) is 47.8 Å². The zero-order valence-electron chi connectivity index (χ0n) is 12.3. The van der Waals surface area contributed by atoms with Crippen molar-refractivity contribution in [3.05, 3.63) is 53.4 Å². The summed E-state index contributed by atoms with van der Waals surface area (Å²) in [5.74, 6) is 0.730. The number of methoxy groups -OCH3 is 2. The fourth-order valence-electron chi connectivity index (χ4n) is 2.31. The van der Waals surface area contributed by atoms with Gasteiger partial charge in [0.1, 0.15) is 0 Å². The van der Waals surface area contributed by atoms with Crippen molar-refractivity contribution in [2.75, 3.05) is 19.5 Å². The van der Waals surface area contributed by atoms with Crippen molar-refractivity contribution in [1.29, 1.82) is 0 Å². The van der Waals surface area contributed by atoms with Crippen LogP contribution < -0.4 is 14.8 Å². The molecule has 1 heterocycles. The molecule has 22 heavy (non-hydrogen) atoms. The summed E-state index contributed by atoms with van der Waals surface area (Å²) < 4.78 is 11.7. The number of carbonyl (C=O) groups is 1. The van der Waals surface area contributed by atoms with Gasteiger partial charge in [-0.1, -0.05) is 6.07 Å². The summed E-state index contributed by atoms with van der Waals surface area (Å²) in [6.45, 7) is 0. The lowest BCUT2D eigenvalue weighted by Crippen LogP contribution is -2.13. The molecule has 0 unspecified atom stereocenters. The Labute approximate surface area is 132 Å². The third-order valence-corrected chi connectivity index (χ3v) is 4.26. The highest BCUT2D eigenvalue weighted by atomic mass is 32.1. The van der Waals surface area contributed by atoms with Crippen LogP contribution in [-0.2, 0) is 0 Å². The van der Waals surface area contributed by atoms with Crippen molar-refractivity contribution in [2.24, 2.45) is 0 Å². The van der Waals surface area contributed by atoms with Crippen LogP contribution in [0, 0.1) is 0 Å². The van der Waals surface area contributed by atoms with Crippen molar-refractivity contribution in [3.63, 3.8) is 0 Å². The molecular formula is C17H15NO3S. The first-order valence-corrected chi connectivity index (χ1v) is 7.60. The van der Waals surface area contributed by atoms with Gasteiger partial charge >= 0.3 is 0 Å². The molecule has 0 saturated carbocycles. The van der Waals surface area contributed by atoms with Crippen molar-refractivity contribution in [1.82, 2.24) is 0 Å². The zero-order chi connectivity index (χ0) is 15.5. The summed E-state index contributed by atoms with van der Waals surface area (Å²) in [7, 11) is 3.07. The van der Waals surface area contributed by atoms with Crippen LogP contribution in [-0.4, -0.2) is 20.1 Å². The number of para-hydroxylation sites is 1. The van der Waals surface area contributed by atoms with Crippen molar-refractivity contribution in [3.8, 4) is 11.5 Å². The molecule has 0 fully saturated rings. The number of benzene rings is 2. The maximum Gasteiger partial charge on any atom is 0.259 e. The standard InChI is InChI=1S/C17H15NO3S/c1-20-14-5-3-4-13(16(14)21-2)17(19)18-12-6-7-15-11(10-12)8-9-22-15/h3-10H,1-2H3,(H,18,19). The summed E-state index contributed by atoms with van der Waals surface area (Å²) in [5, 5.41) is 6.04. The Bertz CT molecular complexity index is 826. The Morgan fingerprint density at radius 2 is 1.95 bits per heavy atom. The Morgan fingerprint density at radius 3 is 2.73 bits per heavy atom. The van der Waals surface area contributed by atoms with E-state index in [9.17, 15) is 4.79 Å². The molecule has 0 atom stereocenters. The van der Waals surface area contributed by atoms with Crippen molar-refractivity contribution >= 4 is 33.0 Å². The molecule has 4 nitrogen and oxygen atoms in total. The average molecular weight is 313 g/mol. The van der Waals surface area contributed by atoms with E-state index in [0.29, 0.717) is 17.1 Å². The molecule has 3 aromatic rings. The van der Waals surface area contributed by atoms with Crippen LogP contribution >= 0.6 is 11.3 Å². The second kappa shape index (κ2) is 6.07. The minimum Gasteiger partial charge on any atom is -0.493 e. The van der Waals surface area contributed by atoms with Gasteiger partial charge in [0, 0.05) is 10.4 Å². The van der Waals surface area contributed by atoms with Crippen LogP contribution in [0.25, 0.3) is 10.1 Å². The molecule has 0 aliphatic carbocycles. The van der Waals surface area contributed by atoms with E-state index in [4.69, 9.17) is 9.47 Å². The Hall–Kier alpha value is -2.53. The van der Waals surface area contributed by atoms with Crippen LogP contribution in [0.2, 0.25) is 0 Å². The molecule has 0 aliphatic rings. The predicted octanol–water partition coefficient (Wildman–Crippen LogP) is 4.17. The van der Waals surface area contributed by atoms with Gasteiger partial charge in [-0.15, -0.1) is 11.3 Å². The van der Waals surface area contributed by atoms with Gasteiger partial charge in [-0.2, -0.15) is 0 Å². The summed E-state index contributed by atoms with van der Waals surface area (Å²) >= 11 is 1.67. The molecule has 0 bridgehead atoms. The number of carbonyl (C=O) groups excluding carboxylic acids is 1. The number of amides is 1. The molecule has 1 N–H and O–H groups in total. The lowest BCUT2D eigenvalue weighted by atomic mass is 10.1. The van der Waals surface area contributed by atoms with Gasteiger partial charge in [0.15, 0.2) is 11.5 Å². The molecule has 5 heteroatoms. The molecule has 1 aromatic heterocycles. The largest absolute Gasteiger partial charge is 0.493 e. The SMILES string of the molecule is COc1cccc(C(=O)Nc2ccc3sccc3c2)c1OC. The number of hydrogen-bond donors (Lipinski definition) is 1. The van der Waals surface area contributed by atoms with Crippen LogP contribution in [0.4, 0.5) is 5.69 Å². The normalized spacial score (nSPS) is 10.5. The number of nitrogens with one attached hydrogen (secondary N) is 1. The van der Waals surface area contributed by atoms with E-state index in [0.717, 1.165) is 11.1 Å². The summed E-state index contributed by atoms with van der Waals surface area (Å²) in [6, 6.07) is 13.1. The smallest absolute Gasteiger partial charge is 0.259 e. The van der Waals surface area contributed by atoms with Gasteiger partial charge in [-0.05, 0) is 47.2 Å². The summed E-state index contributed by atoms with van der Waals surface area (Å²) in [4.78, 5) is 12.5.